The first-order valence-electron chi connectivity index (χ1n) is 6.31. The van der Waals surface area contributed by atoms with Crippen molar-refractivity contribution < 1.29 is 14.6 Å². The molecular weight excluding hydrogens is 254 g/mol. The van der Waals surface area contributed by atoms with Gasteiger partial charge in [0.25, 0.3) is 0 Å². The summed E-state index contributed by atoms with van der Waals surface area (Å²) in [6, 6.07) is 12.9. The molecule has 0 aliphatic carbocycles. The minimum absolute atomic E-state index is 0.285. The van der Waals surface area contributed by atoms with Crippen LogP contribution in [0.15, 0.2) is 42.5 Å². The number of methoxy groups -OCH3 is 1. The zero-order chi connectivity index (χ0) is 14.5. The van der Waals surface area contributed by atoms with E-state index in [0.29, 0.717) is 12.2 Å². The smallest absolute Gasteiger partial charge is 0.337 e. The summed E-state index contributed by atoms with van der Waals surface area (Å²) >= 11 is 0. The molecule has 0 amide bonds. The fraction of sp³-hybridized carbons (Fsp3) is 0.188. The first-order chi connectivity index (χ1) is 9.61. The van der Waals surface area contributed by atoms with Gasteiger partial charge < -0.3 is 15.2 Å². The topological polar surface area (TPSA) is 58.6 Å². The van der Waals surface area contributed by atoms with Gasteiger partial charge in [-0.2, -0.15) is 0 Å². The number of carbonyl (C=O) groups is 1. The molecule has 0 bridgehead atoms. The highest BCUT2D eigenvalue weighted by Crippen LogP contribution is 2.22. The number of rotatable bonds is 5. The van der Waals surface area contributed by atoms with Gasteiger partial charge in [-0.1, -0.05) is 24.3 Å². The van der Waals surface area contributed by atoms with Gasteiger partial charge in [0, 0.05) is 6.54 Å². The molecule has 4 nitrogen and oxygen atoms in total. The maximum atomic E-state index is 11.2. The molecular formula is C16H17NO3. The van der Waals surface area contributed by atoms with Gasteiger partial charge in [-0.15, -0.1) is 0 Å². The molecule has 2 N–H and O–H groups in total. The highest BCUT2D eigenvalue weighted by atomic mass is 16.5. The lowest BCUT2D eigenvalue weighted by atomic mass is 10.1. The molecule has 0 aliphatic rings. The Balaban J connectivity index is 2.20. The molecule has 0 heterocycles. The largest absolute Gasteiger partial charge is 0.497 e. The molecule has 0 aliphatic heterocycles. The van der Waals surface area contributed by atoms with Crippen molar-refractivity contribution in [3.8, 4) is 5.75 Å². The van der Waals surface area contributed by atoms with Gasteiger partial charge in [0.2, 0.25) is 0 Å². The normalized spacial score (nSPS) is 10.1. The van der Waals surface area contributed by atoms with Crippen LogP contribution in [-0.2, 0) is 6.54 Å². The van der Waals surface area contributed by atoms with E-state index in [0.717, 1.165) is 16.9 Å². The summed E-state index contributed by atoms with van der Waals surface area (Å²) in [5.41, 5.74) is 2.88. The fourth-order valence-corrected chi connectivity index (χ4v) is 2.05. The Morgan fingerprint density at radius 2 is 2.00 bits per heavy atom. The van der Waals surface area contributed by atoms with Crippen LogP contribution in [0.1, 0.15) is 21.5 Å². The summed E-state index contributed by atoms with van der Waals surface area (Å²) in [4.78, 5) is 11.2. The maximum absolute atomic E-state index is 11.2. The number of anilines is 1. The third-order valence-corrected chi connectivity index (χ3v) is 3.11. The predicted octanol–water partition coefficient (Wildman–Crippen LogP) is 3.31. The SMILES string of the molecule is COc1cccc(CNc2c(C)cccc2C(=O)O)c1. The zero-order valence-electron chi connectivity index (χ0n) is 11.5. The van der Waals surface area contributed by atoms with Crippen LogP contribution in [0, 0.1) is 6.92 Å². The molecule has 2 aromatic rings. The molecule has 0 fully saturated rings. The van der Waals surface area contributed by atoms with E-state index in [1.54, 1.807) is 19.2 Å². The number of aromatic carboxylic acids is 1. The minimum atomic E-state index is -0.929. The maximum Gasteiger partial charge on any atom is 0.337 e. The highest BCUT2D eigenvalue weighted by molar-refractivity contribution is 5.95. The van der Waals surface area contributed by atoms with Crippen LogP contribution in [0.25, 0.3) is 0 Å². The monoisotopic (exact) mass is 271 g/mol. The van der Waals surface area contributed by atoms with Gasteiger partial charge in [0.1, 0.15) is 5.75 Å². The second kappa shape index (κ2) is 6.10. The van der Waals surface area contributed by atoms with Crippen molar-refractivity contribution in [2.24, 2.45) is 0 Å². The number of carboxylic acids is 1. The first-order valence-corrected chi connectivity index (χ1v) is 6.31. The van der Waals surface area contributed by atoms with Crippen LogP contribution >= 0.6 is 0 Å². The van der Waals surface area contributed by atoms with E-state index in [9.17, 15) is 9.90 Å². The van der Waals surface area contributed by atoms with Crippen LogP contribution in [-0.4, -0.2) is 18.2 Å². The van der Waals surface area contributed by atoms with Gasteiger partial charge in [-0.3, -0.25) is 0 Å². The minimum Gasteiger partial charge on any atom is -0.497 e. The number of hydrogen-bond donors (Lipinski definition) is 2. The molecule has 2 aromatic carbocycles. The number of ether oxygens (including phenoxy) is 1. The van der Waals surface area contributed by atoms with Crippen LogP contribution in [0.3, 0.4) is 0 Å². The van der Waals surface area contributed by atoms with Crippen molar-refractivity contribution in [2.45, 2.75) is 13.5 Å². The van der Waals surface area contributed by atoms with E-state index < -0.39 is 5.97 Å². The molecule has 0 spiro atoms. The lowest BCUT2D eigenvalue weighted by Gasteiger charge is -2.13. The number of aryl methyl sites for hydroxylation is 1. The Kier molecular flexibility index (Phi) is 4.25. The summed E-state index contributed by atoms with van der Waals surface area (Å²) < 4.78 is 5.17. The Morgan fingerprint density at radius 1 is 1.25 bits per heavy atom. The van der Waals surface area contributed by atoms with Crippen molar-refractivity contribution in [1.29, 1.82) is 0 Å². The summed E-state index contributed by atoms with van der Waals surface area (Å²) in [5, 5.41) is 12.4. The molecule has 0 atom stereocenters. The van der Waals surface area contributed by atoms with Gasteiger partial charge in [0.05, 0.1) is 18.4 Å². The van der Waals surface area contributed by atoms with E-state index in [4.69, 9.17) is 4.74 Å². The first kappa shape index (κ1) is 13.9. The molecule has 0 aromatic heterocycles. The van der Waals surface area contributed by atoms with Crippen molar-refractivity contribution in [3.63, 3.8) is 0 Å². The zero-order valence-corrected chi connectivity index (χ0v) is 11.5. The number of para-hydroxylation sites is 1. The van der Waals surface area contributed by atoms with Crippen molar-refractivity contribution in [2.75, 3.05) is 12.4 Å². The van der Waals surface area contributed by atoms with E-state index in [1.165, 1.54) is 0 Å². The average molecular weight is 271 g/mol. The second-order valence-corrected chi connectivity index (χ2v) is 4.51. The van der Waals surface area contributed by atoms with Gasteiger partial charge in [0.15, 0.2) is 0 Å². The van der Waals surface area contributed by atoms with E-state index >= 15 is 0 Å². The fourth-order valence-electron chi connectivity index (χ4n) is 2.05. The second-order valence-electron chi connectivity index (χ2n) is 4.51. The van der Waals surface area contributed by atoms with Gasteiger partial charge >= 0.3 is 5.97 Å². The summed E-state index contributed by atoms with van der Waals surface area (Å²) in [7, 11) is 1.62. The lowest BCUT2D eigenvalue weighted by Crippen LogP contribution is -2.08. The molecule has 0 unspecified atom stereocenters. The standard InChI is InChI=1S/C16H17NO3/c1-11-5-3-8-14(16(18)19)15(11)17-10-12-6-4-7-13(9-12)20-2/h3-9,17H,10H2,1-2H3,(H,18,19). The number of hydrogen-bond acceptors (Lipinski definition) is 3. The van der Waals surface area contributed by atoms with E-state index in [-0.39, 0.29) is 5.56 Å². The van der Waals surface area contributed by atoms with Crippen molar-refractivity contribution >= 4 is 11.7 Å². The molecule has 2 rings (SSSR count). The predicted molar refractivity (Wildman–Crippen MR) is 78.5 cm³/mol. The molecule has 4 heteroatoms. The van der Waals surface area contributed by atoms with Crippen molar-refractivity contribution in [1.82, 2.24) is 0 Å². The van der Waals surface area contributed by atoms with E-state index in [2.05, 4.69) is 5.32 Å². The third-order valence-electron chi connectivity index (χ3n) is 3.11. The van der Waals surface area contributed by atoms with Crippen LogP contribution in [0.5, 0.6) is 5.75 Å². The van der Waals surface area contributed by atoms with Gasteiger partial charge in [-0.25, -0.2) is 4.79 Å². The molecule has 0 saturated carbocycles. The summed E-state index contributed by atoms with van der Waals surface area (Å²) in [6.07, 6.45) is 0. The number of nitrogens with one attached hydrogen (secondary N) is 1. The molecule has 0 saturated heterocycles. The Labute approximate surface area is 118 Å². The molecule has 104 valence electrons. The number of benzene rings is 2. The Bertz CT molecular complexity index is 623. The third kappa shape index (κ3) is 3.09. The highest BCUT2D eigenvalue weighted by Gasteiger charge is 2.11. The average Bonchev–Trinajstić information content (AvgIpc) is 2.45. The lowest BCUT2D eigenvalue weighted by molar-refractivity contribution is 0.0698. The summed E-state index contributed by atoms with van der Waals surface area (Å²) in [5.74, 6) is -0.144. The van der Waals surface area contributed by atoms with Crippen molar-refractivity contribution in [3.05, 3.63) is 59.2 Å². The molecule has 0 radical (unpaired) electrons. The van der Waals surface area contributed by atoms with E-state index in [1.807, 2.05) is 37.3 Å². The Hall–Kier alpha value is -2.49. The van der Waals surface area contributed by atoms with Gasteiger partial charge in [-0.05, 0) is 36.2 Å². The molecule has 20 heavy (non-hydrogen) atoms. The van der Waals surface area contributed by atoms with Crippen LogP contribution in [0.4, 0.5) is 5.69 Å². The Morgan fingerprint density at radius 3 is 2.70 bits per heavy atom. The van der Waals surface area contributed by atoms with Crippen LogP contribution in [0.2, 0.25) is 0 Å². The number of carboxylic acid groups (broad SMARTS) is 1. The van der Waals surface area contributed by atoms with Crippen LogP contribution < -0.4 is 10.1 Å². The quantitative estimate of drug-likeness (QED) is 0.876. The summed E-state index contributed by atoms with van der Waals surface area (Å²) in [6.45, 7) is 2.43.